The summed E-state index contributed by atoms with van der Waals surface area (Å²) in [7, 11) is 0. The normalized spacial score (nSPS) is 28.4. The smallest absolute Gasteiger partial charge is 0.141 e. The van der Waals surface area contributed by atoms with E-state index in [1.165, 1.54) is 0 Å². The number of hydrazine groups is 6. The minimum absolute atomic E-state index is 0.0401. The van der Waals surface area contributed by atoms with E-state index >= 15 is 0 Å². The molecule has 2 aliphatic rings. The predicted molar refractivity (Wildman–Crippen MR) is 35.8 cm³/mol. The van der Waals surface area contributed by atoms with Crippen molar-refractivity contribution in [3.05, 3.63) is 0 Å². The third-order valence-corrected chi connectivity index (χ3v) is 1.32. The Balaban J connectivity index is 1.71. The van der Waals surface area contributed by atoms with Crippen LogP contribution in [0.2, 0.25) is 0 Å². The predicted octanol–water partition coefficient (Wildman–Crippen LogP) is -4.62. The molecule has 2 heterocycles. The Labute approximate surface area is 62.9 Å². The van der Waals surface area contributed by atoms with Crippen LogP contribution in [0.5, 0.6) is 0 Å². The first-order chi connectivity index (χ1) is 5.45. The van der Waals surface area contributed by atoms with Crippen molar-refractivity contribution < 1.29 is 0 Å². The van der Waals surface area contributed by atoms with E-state index in [0.717, 1.165) is 0 Å². The van der Waals surface area contributed by atoms with Gasteiger partial charge < -0.3 is 0 Å². The van der Waals surface area contributed by atoms with Crippen molar-refractivity contribution in [2.45, 2.75) is 12.6 Å². The zero-order chi connectivity index (χ0) is 7.52. The topological polar surface area (TPSA) is 108 Å². The molecule has 11 heavy (non-hydrogen) atoms. The lowest BCUT2D eigenvalue weighted by atomic mass is 10.7. The molecule has 0 amide bonds. The van der Waals surface area contributed by atoms with Gasteiger partial charge in [-0.15, -0.1) is 0 Å². The first-order valence-corrected chi connectivity index (χ1v) is 3.23. The van der Waals surface area contributed by atoms with Crippen LogP contribution in [0.3, 0.4) is 0 Å². The minimum Gasteiger partial charge on any atom is -0.257 e. The molecule has 0 aromatic carbocycles. The molecule has 2 fully saturated rings. The Morgan fingerprint density at radius 2 is 1.00 bits per heavy atom. The van der Waals surface area contributed by atoms with Crippen molar-refractivity contribution in [3.8, 4) is 0 Å². The zero-order valence-corrected chi connectivity index (χ0v) is 5.65. The van der Waals surface area contributed by atoms with E-state index < -0.39 is 0 Å². The maximum Gasteiger partial charge on any atom is 0.141 e. The van der Waals surface area contributed by atoms with Gasteiger partial charge in [0.25, 0.3) is 0 Å². The second kappa shape index (κ2) is 3.36. The quantitative estimate of drug-likeness (QED) is 0.198. The van der Waals surface area contributed by atoms with E-state index in [2.05, 4.69) is 49.2 Å². The molecule has 0 aromatic rings. The van der Waals surface area contributed by atoms with Gasteiger partial charge >= 0.3 is 0 Å². The molecular weight excluding hydrogens is 150 g/mol. The van der Waals surface area contributed by atoms with Crippen LogP contribution in [0.1, 0.15) is 0 Å². The molecule has 64 valence electrons. The molecule has 2 saturated heterocycles. The summed E-state index contributed by atoms with van der Waals surface area (Å²) in [5.74, 6) is 0. The molecule has 0 aliphatic carbocycles. The lowest BCUT2D eigenvalue weighted by Crippen LogP contribution is -2.58. The molecule has 9 N–H and O–H groups in total. The molecule has 0 saturated carbocycles. The van der Waals surface area contributed by atoms with Crippen LogP contribution in [0.25, 0.3) is 0 Å². The van der Waals surface area contributed by atoms with Gasteiger partial charge in [0.15, 0.2) is 0 Å². The summed E-state index contributed by atoms with van der Waals surface area (Å²) in [6, 6.07) is 0. The Kier molecular flexibility index (Phi) is 2.23. The monoisotopic (exact) mass is 161 g/mol. The second-order valence-electron chi connectivity index (χ2n) is 2.11. The van der Waals surface area contributed by atoms with Gasteiger partial charge in [0.05, 0.1) is 0 Å². The fourth-order valence-corrected chi connectivity index (χ4v) is 0.839. The average Bonchev–Trinajstić information content (AvgIpc) is 2.60. The third kappa shape index (κ3) is 1.81. The maximum atomic E-state index is 3.08. The van der Waals surface area contributed by atoms with Gasteiger partial charge in [0, 0.05) is 0 Å². The standard InChI is InChI=1S/C2H11N9/c3(1-4-8-9-5-1)2-6-10-11-7-2/h1-11H. The third-order valence-electron chi connectivity index (χ3n) is 1.32. The lowest BCUT2D eigenvalue weighted by Gasteiger charge is -2.15. The van der Waals surface area contributed by atoms with Gasteiger partial charge in [0.1, 0.15) is 12.6 Å². The molecule has 2 rings (SSSR count). The van der Waals surface area contributed by atoms with E-state index in [1.54, 1.807) is 0 Å². The van der Waals surface area contributed by atoms with Crippen molar-refractivity contribution in [1.29, 1.82) is 0 Å². The minimum atomic E-state index is -0.0401. The summed E-state index contributed by atoms with van der Waals surface area (Å²) in [6.45, 7) is 0. The van der Waals surface area contributed by atoms with Gasteiger partial charge in [-0.25, -0.2) is 21.7 Å². The van der Waals surface area contributed by atoms with Crippen LogP contribution >= 0.6 is 0 Å². The van der Waals surface area contributed by atoms with Crippen molar-refractivity contribution in [2.24, 2.45) is 0 Å². The summed E-state index contributed by atoms with van der Waals surface area (Å²) in [5, 5.41) is 3.08. The van der Waals surface area contributed by atoms with E-state index in [-0.39, 0.29) is 12.6 Å². The lowest BCUT2D eigenvalue weighted by molar-refractivity contribution is 0.321. The summed E-state index contributed by atoms with van der Waals surface area (Å²) < 4.78 is 0. The highest BCUT2D eigenvalue weighted by Crippen LogP contribution is 1.75. The van der Waals surface area contributed by atoms with Crippen LogP contribution < -0.4 is 49.2 Å². The van der Waals surface area contributed by atoms with Gasteiger partial charge in [-0.2, -0.15) is 22.1 Å². The van der Waals surface area contributed by atoms with Crippen molar-refractivity contribution in [2.75, 3.05) is 0 Å². The van der Waals surface area contributed by atoms with Crippen molar-refractivity contribution in [3.63, 3.8) is 0 Å². The van der Waals surface area contributed by atoms with Gasteiger partial charge in [0.2, 0.25) is 0 Å². The van der Waals surface area contributed by atoms with Gasteiger partial charge in [-0.05, 0) is 0 Å². The molecule has 0 atom stereocenters. The Hall–Kier alpha value is -0.360. The molecule has 0 spiro atoms. The van der Waals surface area contributed by atoms with E-state index in [9.17, 15) is 0 Å². The number of hydrogen-bond acceptors (Lipinski definition) is 9. The highest BCUT2D eigenvalue weighted by molar-refractivity contribution is 4.66. The molecule has 9 heteroatoms. The molecule has 0 aromatic heterocycles. The van der Waals surface area contributed by atoms with Crippen LogP contribution in [0.4, 0.5) is 0 Å². The van der Waals surface area contributed by atoms with E-state index in [0.29, 0.717) is 0 Å². The molecular formula is C2H11N9. The van der Waals surface area contributed by atoms with Crippen molar-refractivity contribution in [1.82, 2.24) is 49.2 Å². The number of rotatable bonds is 2. The average molecular weight is 161 g/mol. The number of hydrogen-bond donors (Lipinski definition) is 9. The molecule has 9 nitrogen and oxygen atoms in total. The summed E-state index contributed by atoms with van der Waals surface area (Å²) in [5.41, 5.74) is 22.2. The van der Waals surface area contributed by atoms with Crippen LogP contribution in [-0.4, -0.2) is 12.6 Å². The van der Waals surface area contributed by atoms with E-state index in [4.69, 9.17) is 0 Å². The Morgan fingerprint density at radius 3 is 1.36 bits per heavy atom. The van der Waals surface area contributed by atoms with Crippen LogP contribution in [-0.2, 0) is 0 Å². The SMILES string of the molecule is N1NNC(NC2NNNN2)N1. The number of nitrogens with one attached hydrogen (secondary N) is 9. The fourth-order valence-electron chi connectivity index (χ4n) is 0.839. The Bertz CT molecular complexity index is 98.7. The van der Waals surface area contributed by atoms with Crippen molar-refractivity contribution >= 4 is 0 Å². The zero-order valence-electron chi connectivity index (χ0n) is 5.65. The fraction of sp³-hybridized carbons (Fsp3) is 1.00. The van der Waals surface area contributed by atoms with Crippen LogP contribution in [0, 0.1) is 0 Å². The summed E-state index contributed by atoms with van der Waals surface area (Å²) >= 11 is 0. The molecule has 0 radical (unpaired) electrons. The second-order valence-corrected chi connectivity index (χ2v) is 2.11. The highest BCUT2D eigenvalue weighted by Gasteiger charge is 2.18. The van der Waals surface area contributed by atoms with Gasteiger partial charge in [-0.3, -0.25) is 5.32 Å². The van der Waals surface area contributed by atoms with Crippen LogP contribution in [0.15, 0.2) is 0 Å². The molecule has 0 unspecified atom stereocenters. The first-order valence-electron chi connectivity index (χ1n) is 3.23. The summed E-state index contributed by atoms with van der Waals surface area (Å²) in [4.78, 5) is 0. The molecule has 2 aliphatic heterocycles. The van der Waals surface area contributed by atoms with Gasteiger partial charge in [-0.1, -0.05) is 0 Å². The van der Waals surface area contributed by atoms with E-state index in [1.807, 2.05) is 0 Å². The largest absolute Gasteiger partial charge is 0.257 e. The Morgan fingerprint density at radius 1 is 0.636 bits per heavy atom. The highest BCUT2D eigenvalue weighted by atomic mass is 15.9. The molecule has 0 bridgehead atoms. The summed E-state index contributed by atoms with van der Waals surface area (Å²) in [6.07, 6.45) is -0.0802. The first kappa shape index (κ1) is 7.30. The maximum absolute atomic E-state index is 3.08.